The van der Waals surface area contributed by atoms with Gasteiger partial charge in [0.05, 0.1) is 13.3 Å². The largest absolute Gasteiger partial charge is 0.496 e. The average molecular weight is 323 g/mol. The first kappa shape index (κ1) is 15.6. The van der Waals surface area contributed by atoms with Crippen LogP contribution in [-0.4, -0.2) is 19.4 Å². The highest BCUT2D eigenvalue weighted by atomic mass is 16.5. The van der Waals surface area contributed by atoms with E-state index in [1.54, 1.807) is 7.11 Å². The summed E-state index contributed by atoms with van der Waals surface area (Å²) in [4.78, 5) is 10.7. The van der Waals surface area contributed by atoms with Crippen molar-refractivity contribution in [2.45, 2.75) is 6.92 Å². The number of aryl methyl sites for hydroxylation is 1. The van der Waals surface area contributed by atoms with E-state index < -0.39 is 6.03 Å². The number of hydrogen-bond donors (Lipinski definition) is 2. The predicted octanol–water partition coefficient (Wildman–Crippen LogP) is 3.42. The minimum atomic E-state index is -0.730. The zero-order valence-electron chi connectivity index (χ0n) is 13.4. The SMILES string of the molecule is COc1cc2c(-c3ccccc3)c(C)oc2cc1C=NNC(N)=O. The predicted molar refractivity (Wildman–Crippen MR) is 93.3 cm³/mol. The summed E-state index contributed by atoms with van der Waals surface area (Å²) in [5.41, 5.74) is 10.6. The zero-order valence-corrected chi connectivity index (χ0v) is 13.4. The summed E-state index contributed by atoms with van der Waals surface area (Å²) in [5, 5.41) is 4.73. The Labute approximate surface area is 138 Å². The molecule has 1 aromatic heterocycles. The Bertz CT molecular complexity index is 914. The van der Waals surface area contributed by atoms with Crippen LogP contribution in [-0.2, 0) is 0 Å². The second kappa shape index (κ2) is 6.45. The van der Waals surface area contributed by atoms with Crippen LogP contribution in [0.2, 0.25) is 0 Å². The molecule has 3 N–H and O–H groups in total. The molecule has 0 aliphatic heterocycles. The summed E-state index contributed by atoms with van der Waals surface area (Å²) in [6, 6.07) is 13.0. The van der Waals surface area contributed by atoms with Gasteiger partial charge in [0.2, 0.25) is 0 Å². The van der Waals surface area contributed by atoms with E-state index in [9.17, 15) is 4.79 Å². The lowest BCUT2D eigenvalue weighted by Crippen LogP contribution is -2.24. The first-order valence-corrected chi connectivity index (χ1v) is 7.35. The molecule has 0 aliphatic rings. The molecule has 0 fully saturated rings. The number of hydrogen-bond acceptors (Lipinski definition) is 4. The number of urea groups is 1. The average Bonchev–Trinajstić information content (AvgIpc) is 2.89. The van der Waals surface area contributed by atoms with E-state index >= 15 is 0 Å². The number of hydrazone groups is 1. The van der Waals surface area contributed by atoms with Gasteiger partial charge in [-0.05, 0) is 24.6 Å². The van der Waals surface area contributed by atoms with E-state index in [1.165, 1.54) is 6.21 Å². The van der Waals surface area contributed by atoms with Gasteiger partial charge in [0.1, 0.15) is 17.1 Å². The van der Waals surface area contributed by atoms with Crippen molar-refractivity contribution in [3.8, 4) is 16.9 Å². The van der Waals surface area contributed by atoms with Crippen molar-refractivity contribution >= 4 is 23.2 Å². The van der Waals surface area contributed by atoms with E-state index in [4.69, 9.17) is 14.9 Å². The minimum Gasteiger partial charge on any atom is -0.496 e. The van der Waals surface area contributed by atoms with Gasteiger partial charge >= 0.3 is 6.03 Å². The summed E-state index contributed by atoms with van der Waals surface area (Å²) in [6.07, 6.45) is 1.46. The Morgan fingerprint density at radius 2 is 2.04 bits per heavy atom. The van der Waals surface area contributed by atoms with Crippen LogP contribution in [0, 0.1) is 6.92 Å². The molecule has 2 amide bonds. The summed E-state index contributed by atoms with van der Waals surface area (Å²) < 4.78 is 11.3. The number of nitrogens with one attached hydrogen (secondary N) is 1. The van der Waals surface area contributed by atoms with Gasteiger partial charge < -0.3 is 14.9 Å². The topological polar surface area (TPSA) is 89.8 Å². The van der Waals surface area contributed by atoms with E-state index in [0.717, 1.165) is 22.3 Å². The third kappa shape index (κ3) is 2.94. The van der Waals surface area contributed by atoms with Crippen molar-refractivity contribution in [2.24, 2.45) is 10.8 Å². The highest BCUT2D eigenvalue weighted by Gasteiger charge is 2.15. The van der Waals surface area contributed by atoms with Crippen LogP contribution in [0.3, 0.4) is 0 Å². The quantitative estimate of drug-likeness (QED) is 0.569. The van der Waals surface area contributed by atoms with Crippen LogP contribution in [0.5, 0.6) is 5.75 Å². The van der Waals surface area contributed by atoms with Crippen LogP contribution in [0.25, 0.3) is 22.1 Å². The number of benzene rings is 2. The molecule has 0 aliphatic carbocycles. The third-order valence-electron chi connectivity index (χ3n) is 3.66. The van der Waals surface area contributed by atoms with Crippen molar-refractivity contribution in [1.29, 1.82) is 0 Å². The molecule has 24 heavy (non-hydrogen) atoms. The fraction of sp³-hybridized carbons (Fsp3) is 0.111. The molecular weight excluding hydrogens is 306 g/mol. The van der Waals surface area contributed by atoms with Crippen molar-refractivity contribution in [1.82, 2.24) is 5.43 Å². The van der Waals surface area contributed by atoms with E-state index in [-0.39, 0.29) is 0 Å². The third-order valence-corrected chi connectivity index (χ3v) is 3.66. The fourth-order valence-corrected chi connectivity index (χ4v) is 2.67. The summed E-state index contributed by atoms with van der Waals surface area (Å²) in [6.45, 7) is 1.93. The number of carbonyl (C=O) groups excluding carboxylic acids is 1. The van der Waals surface area contributed by atoms with Gasteiger partial charge in [-0.2, -0.15) is 5.10 Å². The fourth-order valence-electron chi connectivity index (χ4n) is 2.67. The second-order valence-corrected chi connectivity index (χ2v) is 5.22. The summed E-state index contributed by atoms with van der Waals surface area (Å²) >= 11 is 0. The van der Waals surface area contributed by atoms with Gasteiger partial charge in [-0.15, -0.1) is 0 Å². The molecule has 2 aromatic carbocycles. The smallest absolute Gasteiger partial charge is 0.332 e. The molecule has 6 heteroatoms. The number of nitrogens with two attached hydrogens (primary N) is 1. The first-order chi connectivity index (χ1) is 11.6. The lowest BCUT2D eigenvalue weighted by Gasteiger charge is -2.05. The van der Waals surface area contributed by atoms with Gasteiger partial charge in [-0.1, -0.05) is 30.3 Å². The standard InChI is InChI=1S/C18H17N3O3/c1-11-17(12-6-4-3-5-7-12)14-9-15(23-2)13(8-16(14)24-11)10-20-21-18(19)22/h3-10H,1-2H3,(H3,19,21,22). The highest BCUT2D eigenvalue weighted by Crippen LogP contribution is 2.37. The number of furan rings is 1. The highest BCUT2D eigenvalue weighted by molar-refractivity contribution is 6.00. The molecule has 3 rings (SSSR count). The van der Waals surface area contributed by atoms with Gasteiger partial charge in [0, 0.05) is 16.5 Å². The number of amides is 2. The number of carbonyl (C=O) groups is 1. The minimum absolute atomic E-state index is 0.621. The molecule has 0 unspecified atom stereocenters. The van der Waals surface area contributed by atoms with Crippen molar-refractivity contribution in [2.75, 3.05) is 7.11 Å². The van der Waals surface area contributed by atoms with E-state index in [2.05, 4.69) is 10.5 Å². The maximum absolute atomic E-state index is 10.7. The van der Waals surface area contributed by atoms with Crippen molar-refractivity contribution < 1.29 is 13.9 Å². The lowest BCUT2D eigenvalue weighted by atomic mass is 10.0. The van der Waals surface area contributed by atoms with Crippen LogP contribution >= 0.6 is 0 Å². The van der Waals surface area contributed by atoms with Crippen molar-refractivity contribution in [3.05, 3.63) is 53.8 Å². The van der Waals surface area contributed by atoms with E-state index in [1.807, 2.05) is 49.4 Å². The Morgan fingerprint density at radius 3 is 2.71 bits per heavy atom. The van der Waals surface area contributed by atoms with Crippen LogP contribution < -0.4 is 15.9 Å². The number of rotatable bonds is 4. The number of primary amides is 1. The number of methoxy groups -OCH3 is 1. The maximum Gasteiger partial charge on any atom is 0.332 e. The molecule has 0 bridgehead atoms. The lowest BCUT2D eigenvalue weighted by molar-refractivity contribution is 0.249. The Morgan fingerprint density at radius 1 is 1.29 bits per heavy atom. The van der Waals surface area contributed by atoms with Crippen LogP contribution in [0.4, 0.5) is 4.79 Å². The van der Waals surface area contributed by atoms with Crippen LogP contribution in [0.15, 0.2) is 52.0 Å². The maximum atomic E-state index is 10.7. The second-order valence-electron chi connectivity index (χ2n) is 5.22. The molecule has 0 radical (unpaired) electrons. The molecule has 6 nitrogen and oxygen atoms in total. The summed E-state index contributed by atoms with van der Waals surface area (Å²) in [7, 11) is 1.58. The monoisotopic (exact) mass is 323 g/mol. The zero-order chi connectivity index (χ0) is 17.1. The molecule has 1 heterocycles. The molecular formula is C18H17N3O3. The molecule has 0 spiro atoms. The molecule has 122 valence electrons. The van der Waals surface area contributed by atoms with Crippen molar-refractivity contribution in [3.63, 3.8) is 0 Å². The molecule has 0 saturated carbocycles. The Hall–Kier alpha value is -3.28. The Balaban J connectivity index is 2.13. The van der Waals surface area contributed by atoms with Crippen LogP contribution in [0.1, 0.15) is 11.3 Å². The number of ether oxygens (including phenoxy) is 1. The number of fused-ring (bicyclic) bond motifs is 1. The number of nitrogens with zero attached hydrogens (tertiary/aromatic N) is 1. The van der Waals surface area contributed by atoms with Gasteiger partial charge in [-0.3, -0.25) is 0 Å². The first-order valence-electron chi connectivity index (χ1n) is 7.35. The molecule has 3 aromatic rings. The molecule has 0 atom stereocenters. The Kier molecular flexibility index (Phi) is 4.20. The van der Waals surface area contributed by atoms with E-state index in [0.29, 0.717) is 16.9 Å². The van der Waals surface area contributed by atoms with Gasteiger partial charge in [0.25, 0.3) is 0 Å². The van der Waals surface area contributed by atoms with Gasteiger partial charge in [0.15, 0.2) is 0 Å². The van der Waals surface area contributed by atoms with Gasteiger partial charge in [-0.25, -0.2) is 10.2 Å². The molecule has 0 saturated heterocycles. The summed E-state index contributed by atoms with van der Waals surface area (Å²) in [5.74, 6) is 1.44. The normalized spacial score (nSPS) is 11.1.